The van der Waals surface area contributed by atoms with Gasteiger partial charge >= 0.3 is 0 Å². The summed E-state index contributed by atoms with van der Waals surface area (Å²) < 4.78 is 0. The molecule has 2 unspecified atom stereocenters. The van der Waals surface area contributed by atoms with Gasteiger partial charge in [0.2, 0.25) is 0 Å². The number of benzene rings is 1. The fourth-order valence-electron chi connectivity index (χ4n) is 4.24. The molecule has 23 heavy (non-hydrogen) atoms. The Kier molecular flexibility index (Phi) is 4.35. The van der Waals surface area contributed by atoms with Crippen LogP contribution in [0.25, 0.3) is 0 Å². The summed E-state index contributed by atoms with van der Waals surface area (Å²) >= 11 is 0. The Morgan fingerprint density at radius 3 is 2.22 bits per heavy atom. The van der Waals surface area contributed by atoms with Crippen LogP contribution in [0.5, 0.6) is 0 Å². The predicted octanol–water partition coefficient (Wildman–Crippen LogP) is 2.43. The average Bonchev–Trinajstić information content (AvgIpc) is 2.56. The monoisotopic (exact) mass is 308 g/mol. The Labute approximate surface area is 138 Å². The Bertz CT molecular complexity index is 548. The van der Waals surface area contributed by atoms with Gasteiger partial charge in [0.1, 0.15) is 6.33 Å². The van der Waals surface area contributed by atoms with Crippen molar-refractivity contribution in [3.63, 3.8) is 0 Å². The highest BCUT2D eigenvalue weighted by Gasteiger charge is 2.33. The molecule has 4 rings (SSSR count). The van der Waals surface area contributed by atoms with Crippen molar-refractivity contribution in [2.75, 3.05) is 26.2 Å². The molecule has 4 heteroatoms. The van der Waals surface area contributed by atoms with Crippen LogP contribution in [0.4, 0.5) is 0 Å². The molecule has 120 valence electrons. The van der Waals surface area contributed by atoms with Crippen LogP contribution < -0.4 is 0 Å². The highest BCUT2D eigenvalue weighted by molar-refractivity contribution is 5.14. The quantitative estimate of drug-likeness (QED) is 0.868. The minimum atomic E-state index is 0.799. The van der Waals surface area contributed by atoms with Crippen LogP contribution in [-0.2, 0) is 13.1 Å². The first-order valence-electron chi connectivity index (χ1n) is 8.58. The molecule has 0 aliphatic carbocycles. The van der Waals surface area contributed by atoms with E-state index in [2.05, 4.69) is 50.1 Å². The van der Waals surface area contributed by atoms with Gasteiger partial charge in [0.15, 0.2) is 0 Å². The van der Waals surface area contributed by atoms with Crippen molar-refractivity contribution < 1.29 is 0 Å². The zero-order chi connectivity index (χ0) is 15.5. The zero-order valence-corrected chi connectivity index (χ0v) is 13.5. The maximum Gasteiger partial charge on any atom is 0.115 e. The number of rotatable bonds is 4. The minimum absolute atomic E-state index is 0.799. The molecule has 2 aliphatic heterocycles. The van der Waals surface area contributed by atoms with Gasteiger partial charge < -0.3 is 0 Å². The highest BCUT2D eigenvalue weighted by Crippen LogP contribution is 2.30. The summed E-state index contributed by atoms with van der Waals surface area (Å²) in [6, 6.07) is 12.9. The van der Waals surface area contributed by atoms with E-state index in [1.807, 2.05) is 12.3 Å². The van der Waals surface area contributed by atoms with Gasteiger partial charge in [-0.15, -0.1) is 0 Å². The molecule has 0 N–H and O–H groups in total. The van der Waals surface area contributed by atoms with E-state index in [0.29, 0.717) is 0 Å². The van der Waals surface area contributed by atoms with Gasteiger partial charge in [-0.3, -0.25) is 9.80 Å². The van der Waals surface area contributed by atoms with Gasteiger partial charge in [0.25, 0.3) is 0 Å². The van der Waals surface area contributed by atoms with E-state index < -0.39 is 0 Å². The molecule has 2 bridgehead atoms. The van der Waals surface area contributed by atoms with Crippen LogP contribution in [0.1, 0.15) is 17.7 Å². The Balaban J connectivity index is 1.35. The van der Waals surface area contributed by atoms with Gasteiger partial charge in [-0.05, 0) is 29.9 Å². The number of fused-ring (bicyclic) bond motifs is 2. The lowest BCUT2D eigenvalue weighted by molar-refractivity contribution is 0.0237. The third-order valence-electron chi connectivity index (χ3n) is 5.01. The number of hydrogen-bond acceptors (Lipinski definition) is 4. The molecule has 0 saturated carbocycles. The maximum atomic E-state index is 4.37. The smallest absolute Gasteiger partial charge is 0.115 e. The second kappa shape index (κ2) is 6.77. The van der Waals surface area contributed by atoms with Crippen LogP contribution in [0, 0.1) is 11.8 Å². The first-order chi connectivity index (χ1) is 11.3. The number of nitrogens with zero attached hydrogens (tertiary/aromatic N) is 4. The molecule has 2 aliphatic rings. The van der Waals surface area contributed by atoms with Crippen molar-refractivity contribution in [3.05, 3.63) is 60.2 Å². The largest absolute Gasteiger partial charge is 0.298 e. The molecule has 2 atom stereocenters. The molecule has 4 nitrogen and oxygen atoms in total. The van der Waals surface area contributed by atoms with Gasteiger partial charge in [-0.1, -0.05) is 30.3 Å². The summed E-state index contributed by atoms with van der Waals surface area (Å²) in [5, 5.41) is 0. The molecule has 1 aromatic heterocycles. The van der Waals surface area contributed by atoms with Gasteiger partial charge in [0.05, 0.1) is 5.69 Å². The molecular formula is C19H24N4. The second-order valence-corrected chi connectivity index (χ2v) is 7.04. The summed E-state index contributed by atoms with van der Waals surface area (Å²) in [5.41, 5.74) is 2.58. The van der Waals surface area contributed by atoms with Crippen molar-refractivity contribution in [2.45, 2.75) is 19.5 Å². The molecular weight excluding hydrogens is 284 g/mol. The van der Waals surface area contributed by atoms with E-state index in [-0.39, 0.29) is 0 Å². The lowest BCUT2D eigenvalue weighted by Gasteiger charge is -2.45. The van der Waals surface area contributed by atoms with Crippen molar-refractivity contribution in [1.29, 1.82) is 0 Å². The lowest BCUT2D eigenvalue weighted by Crippen LogP contribution is -2.52. The second-order valence-electron chi connectivity index (χ2n) is 7.04. The summed E-state index contributed by atoms with van der Waals surface area (Å²) in [5.74, 6) is 1.60. The van der Waals surface area contributed by atoms with Crippen LogP contribution >= 0.6 is 0 Å². The third kappa shape index (κ3) is 3.77. The first-order valence-corrected chi connectivity index (χ1v) is 8.58. The van der Waals surface area contributed by atoms with Crippen molar-refractivity contribution in [1.82, 2.24) is 19.8 Å². The van der Waals surface area contributed by atoms with Gasteiger partial charge in [-0.2, -0.15) is 0 Å². The zero-order valence-electron chi connectivity index (χ0n) is 13.5. The molecule has 2 fully saturated rings. The summed E-state index contributed by atoms with van der Waals surface area (Å²) in [6.07, 6.45) is 4.89. The number of aromatic nitrogens is 2. The number of hydrogen-bond donors (Lipinski definition) is 0. The Hall–Kier alpha value is -1.78. The van der Waals surface area contributed by atoms with E-state index in [4.69, 9.17) is 0 Å². The van der Waals surface area contributed by atoms with Gasteiger partial charge in [0, 0.05) is 45.5 Å². The van der Waals surface area contributed by atoms with Crippen LogP contribution in [0.2, 0.25) is 0 Å². The summed E-state index contributed by atoms with van der Waals surface area (Å²) in [6.45, 7) is 6.92. The number of likely N-dealkylation sites (tertiary alicyclic amines) is 2. The highest BCUT2D eigenvalue weighted by atomic mass is 15.2. The van der Waals surface area contributed by atoms with Crippen molar-refractivity contribution >= 4 is 0 Å². The molecule has 2 aromatic rings. The van der Waals surface area contributed by atoms with E-state index >= 15 is 0 Å². The molecule has 0 radical (unpaired) electrons. The van der Waals surface area contributed by atoms with Crippen LogP contribution in [0.3, 0.4) is 0 Å². The van der Waals surface area contributed by atoms with E-state index in [9.17, 15) is 0 Å². The first kappa shape index (κ1) is 14.8. The molecule has 0 amide bonds. The van der Waals surface area contributed by atoms with Crippen LogP contribution in [-0.4, -0.2) is 45.9 Å². The summed E-state index contributed by atoms with van der Waals surface area (Å²) in [7, 11) is 0. The van der Waals surface area contributed by atoms with E-state index in [1.165, 1.54) is 38.2 Å². The average molecular weight is 308 g/mol. The third-order valence-corrected chi connectivity index (χ3v) is 5.01. The topological polar surface area (TPSA) is 32.3 Å². The Morgan fingerprint density at radius 2 is 1.57 bits per heavy atom. The van der Waals surface area contributed by atoms with E-state index in [0.717, 1.165) is 30.6 Å². The summed E-state index contributed by atoms with van der Waals surface area (Å²) in [4.78, 5) is 13.6. The molecule has 3 heterocycles. The molecule has 0 spiro atoms. The van der Waals surface area contributed by atoms with Crippen molar-refractivity contribution in [3.8, 4) is 0 Å². The fraction of sp³-hybridized carbons (Fsp3) is 0.474. The van der Waals surface area contributed by atoms with Gasteiger partial charge in [-0.25, -0.2) is 9.97 Å². The van der Waals surface area contributed by atoms with Crippen molar-refractivity contribution in [2.24, 2.45) is 11.8 Å². The number of piperidine rings is 2. The predicted molar refractivity (Wildman–Crippen MR) is 90.6 cm³/mol. The SMILES string of the molecule is c1ccc(CN2CC3CC(C2)CN(Cc2ccncn2)C3)cc1. The molecule has 2 saturated heterocycles. The fourth-order valence-corrected chi connectivity index (χ4v) is 4.24. The minimum Gasteiger partial charge on any atom is -0.298 e. The Morgan fingerprint density at radius 1 is 0.870 bits per heavy atom. The van der Waals surface area contributed by atoms with Crippen LogP contribution in [0.15, 0.2) is 48.9 Å². The van der Waals surface area contributed by atoms with E-state index in [1.54, 1.807) is 6.33 Å². The standard InChI is InChI=1S/C19H24N4/c1-2-4-16(5-3-1)9-22-10-17-8-18(11-22)13-23(12-17)14-19-6-7-20-15-21-19/h1-7,15,17-18H,8-14H2. The molecule has 1 aromatic carbocycles. The lowest BCUT2D eigenvalue weighted by atomic mass is 9.84. The maximum absolute atomic E-state index is 4.37. The normalized spacial score (nSPS) is 25.4.